The van der Waals surface area contributed by atoms with Crippen molar-refractivity contribution >= 4 is 14.4 Å². The fourth-order valence-corrected chi connectivity index (χ4v) is 9.32. The molecule has 1 aromatic heterocycles. The Labute approximate surface area is 160 Å². The van der Waals surface area contributed by atoms with Crippen LogP contribution in [0.2, 0.25) is 10.1 Å². The van der Waals surface area contributed by atoms with Crippen molar-refractivity contribution in [2.24, 2.45) is 5.92 Å². The molecule has 9 heteroatoms. The first-order chi connectivity index (χ1) is 12.4. The Morgan fingerprint density at radius 2 is 1.93 bits per heavy atom. The molecule has 0 saturated carbocycles. The summed E-state index contributed by atoms with van der Waals surface area (Å²) in [6.45, 7) is 13.1. The van der Waals surface area contributed by atoms with Crippen LogP contribution in [-0.4, -0.2) is 36.9 Å². The topological polar surface area (TPSA) is 112 Å². The molecule has 0 bridgehead atoms. The van der Waals surface area contributed by atoms with E-state index in [1.807, 2.05) is 0 Å². The predicted molar refractivity (Wildman–Crippen MR) is 102 cm³/mol. The average Bonchev–Trinajstić information content (AvgIpc) is 2.89. The predicted octanol–water partition coefficient (Wildman–Crippen LogP) is 2.32. The SMILES string of the molecule is CC(C)(C)[Si]1(C(C)(C)C)OC[C@H]2O[C@@H](n3ccc(N)nc3=O)[C@@H](C#N)[C@@H]2O1. The number of fused-ring (bicyclic) bond motifs is 1. The lowest BCUT2D eigenvalue weighted by Crippen LogP contribution is -2.64. The fraction of sp³-hybridized carbons (Fsp3) is 0.722. The first kappa shape index (κ1) is 20.0. The highest BCUT2D eigenvalue weighted by Crippen LogP contribution is 2.56. The van der Waals surface area contributed by atoms with Crippen molar-refractivity contribution in [1.82, 2.24) is 9.55 Å². The van der Waals surface area contributed by atoms with Gasteiger partial charge in [-0.15, -0.1) is 0 Å². The third kappa shape index (κ3) is 3.10. The van der Waals surface area contributed by atoms with E-state index in [0.717, 1.165) is 0 Å². The number of hydrogen-bond donors (Lipinski definition) is 1. The lowest BCUT2D eigenvalue weighted by molar-refractivity contribution is -0.0808. The maximum Gasteiger partial charge on any atom is 0.351 e. The Balaban J connectivity index is 2.00. The number of hydrogen-bond acceptors (Lipinski definition) is 7. The quantitative estimate of drug-likeness (QED) is 0.730. The molecule has 0 radical (unpaired) electrons. The Hall–Kier alpha value is -1.73. The molecule has 2 aliphatic rings. The molecule has 3 rings (SSSR count). The van der Waals surface area contributed by atoms with Crippen LogP contribution < -0.4 is 11.4 Å². The number of nitriles is 1. The molecule has 4 atom stereocenters. The number of nitrogens with zero attached hydrogens (tertiary/aromatic N) is 3. The van der Waals surface area contributed by atoms with Gasteiger partial charge in [-0.3, -0.25) is 4.57 Å². The summed E-state index contributed by atoms with van der Waals surface area (Å²) in [5, 5.41) is 9.46. The van der Waals surface area contributed by atoms with E-state index in [0.29, 0.717) is 6.61 Å². The standard InChI is InChI=1S/C18H28N4O4Si/c1-17(2,3)27(18(4,5)6)24-10-12-14(26-27)11(9-19)15(25-12)22-8-7-13(20)21-16(22)23/h7-8,11-12,14-15H,10H2,1-6H3,(H2,20,21,23)/t11-,12+,14-,15+/m0/s1. The van der Waals surface area contributed by atoms with Gasteiger partial charge in [0.15, 0.2) is 6.23 Å². The summed E-state index contributed by atoms with van der Waals surface area (Å²) in [4.78, 5) is 16.0. The van der Waals surface area contributed by atoms with E-state index in [1.165, 1.54) is 16.8 Å². The van der Waals surface area contributed by atoms with Crippen LogP contribution in [0.1, 0.15) is 47.8 Å². The van der Waals surface area contributed by atoms with Crippen LogP contribution >= 0.6 is 0 Å². The van der Waals surface area contributed by atoms with Crippen LogP contribution in [0.5, 0.6) is 0 Å². The van der Waals surface area contributed by atoms with Crippen LogP contribution in [-0.2, 0) is 13.6 Å². The number of anilines is 1. The summed E-state index contributed by atoms with van der Waals surface area (Å²) in [7, 11) is -2.74. The van der Waals surface area contributed by atoms with E-state index in [9.17, 15) is 10.1 Å². The molecule has 2 N–H and O–H groups in total. The molecule has 0 spiro atoms. The van der Waals surface area contributed by atoms with Crippen molar-refractivity contribution in [1.29, 1.82) is 5.26 Å². The molecule has 0 amide bonds. The maximum absolute atomic E-state index is 12.3. The third-order valence-electron chi connectivity index (χ3n) is 5.34. The smallest absolute Gasteiger partial charge is 0.351 e. The molecule has 1 aromatic rings. The van der Waals surface area contributed by atoms with Gasteiger partial charge in [0.05, 0.1) is 18.8 Å². The highest BCUT2D eigenvalue weighted by Gasteiger charge is 2.65. The van der Waals surface area contributed by atoms with E-state index in [2.05, 4.69) is 52.6 Å². The van der Waals surface area contributed by atoms with Crippen molar-refractivity contribution in [2.45, 2.75) is 70.1 Å². The van der Waals surface area contributed by atoms with Crippen molar-refractivity contribution in [3.05, 3.63) is 22.7 Å². The van der Waals surface area contributed by atoms with Crippen molar-refractivity contribution in [3.63, 3.8) is 0 Å². The van der Waals surface area contributed by atoms with Crippen molar-refractivity contribution < 1.29 is 13.6 Å². The Morgan fingerprint density at radius 3 is 2.44 bits per heavy atom. The lowest BCUT2D eigenvalue weighted by atomic mass is 10.0. The Morgan fingerprint density at radius 1 is 1.30 bits per heavy atom. The lowest BCUT2D eigenvalue weighted by Gasteiger charge is -2.53. The second-order valence-corrected chi connectivity index (χ2v) is 14.0. The van der Waals surface area contributed by atoms with Crippen LogP contribution in [0.25, 0.3) is 0 Å². The molecular weight excluding hydrogens is 364 g/mol. The van der Waals surface area contributed by atoms with Gasteiger partial charge < -0.3 is 19.3 Å². The van der Waals surface area contributed by atoms with Gasteiger partial charge in [-0.05, 0) is 6.07 Å². The molecule has 0 aromatic carbocycles. The summed E-state index contributed by atoms with van der Waals surface area (Å²) in [6.07, 6.45) is -0.132. The van der Waals surface area contributed by atoms with Crippen molar-refractivity contribution in [3.8, 4) is 6.07 Å². The molecule has 27 heavy (non-hydrogen) atoms. The van der Waals surface area contributed by atoms with Gasteiger partial charge in [-0.2, -0.15) is 10.2 Å². The van der Waals surface area contributed by atoms with Crippen LogP contribution in [0.15, 0.2) is 17.1 Å². The van der Waals surface area contributed by atoms with Gasteiger partial charge >= 0.3 is 14.3 Å². The number of ether oxygens (including phenoxy) is 1. The average molecular weight is 393 g/mol. The fourth-order valence-electron chi connectivity index (χ4n) is 4.35. The number of nitrogen functional groups attached to an aromatic ring is 1. The zero-order valence-electron chi connectivity index (χ0n) is 16.7. The van der Waals surface area contributed by atoms with Crippen LogP contribution in [0, 0.1) is 17.2 Å². The first-order valence-electron chi connectivity index (χ1n) is 9.13. The Kier molecular flexibility index (Phi) is 4.75. The van der Waals surface area contributed by atoms with E-state index in [1.54, 1.807) is 0 Å². The summed E-state index contributed by atoms with van der Waals surface area (Å²) in [6, 6.07) is 3.81. The third-order valence-corrected chi connectivity index (χ3v) is 10.5. The minimum Gasteiger partial charge on any atom is -0.391 e. The van der Waals surface area contributed by atoms with Crippen LogP contribution in [0.4, 0.5) is 5.82 Å². The van der Waals surface area contributed by atoms with E-state index in [4.69, 9.17) is 19.3 Å². The van der Waals surface area contributed by atoms with Gasteiger partial charge in [0, 0.05) is 16.3 Å². The molecule has 2 aliphatic heterocycles. The molecule has 148 valence electrons. The van der Waals surface area contributed by atoms with Gasteiger partial charge in [-0.1, -0.05) is 41.5 Å². The summed E-state index contributed by atoms with van der Waals surface area (Å²) in [5.41, 5.74) is 5.03. The molecule has 2 saturated heterocycles. The number of aromatic nitrogens is 2. The molecule has 8 nitrogen and oxygen atoms in total. The minimum absolute atomic E-state index is 0.131. The Bertz CT molecular complexity index is 806. The molecular formula is C18H28N4O4Si. The summed E-state index contributed by atoms with van der Waals surface area (Å²) >= 11 is 0. The second kappa shape index (κ2) is 6.41. The zero-order valence-corrected chi connectivity index (χ0v) is 17.7. The highest BCUT2D eigenvalue weighted by molar-refractivity contribution is 6.73. The minimum atomic E-state index is -2.74. The maximum atomic E-state index is 12.3. The number of nitrogens with two attached hydrogens (primary N) is 1. The second-order valence-electron chi connectivity index (χ2n) is 9.27. The van der Waals surface area contributed by atoms with Gasteiger partial charge in [0.2, 0.25) is 0 Å². The molecule has 0 aliphatic carbocycles. The molecule has 2 fully saturated rings. The monoisotopic (exact) mass is 392 g/mol. The van der Waals surface area contributed by atoms with Crippen LogP contribution in [0.3, 0.4) is 0 Å². The molecule has 3 heterocycles. The van der Waals surface area contributed by atoms with Crippen molar-refractivity contribution in [2.75, 3.05) is 12.3 Å². The van der Waals surface area contributed by atoms with Gasteiger partial charge in [0.25, 0.3) is 0 Å². The highest BCUT2D eigenvalue weighted by atomic mass is 28.4. The normalized spacial score (nSPS) is 30.6. The first-order valence-corrected chi connectivity index (χ1v) is 10.9. The molecule has 0 unspecified atom stereocenters. The summed E-state index contributed by atoms with van der Waals surface area (Å²) in [5.74, 6) is -0.509. The summed E-state index contributed by atoms with van der Waals surface area (Å²) < 4.78 is 20.4. The number of rotatable bonds is 1. The zero-order chi connectivity index (χ0) is 20.2. The van der Waals surface area contributed by atoms with E-state index < -0.39 is 38.6 Å². The van der Waals surface area contributed by atoms with E-state index >= 15 is 0 Å². The van der Waals surface area contributed by atoms with E-state index in [-0.39, 0.29) is 15.9 Å². The van der Waals surface area contributed by atoms with Gasteiger partial charge in [-0.25, -0.2) is 4.79 Å². The largest absolute Gasteiger partial charge is 0.391 e. The van der Waals surface area contributed by atoms with Gasteiger partial charge in [0.1, 0.15) is 17.8 Å².